The van der Waals surface area contributed by atoms with E-state index < -0.39 is 0 Å². The van der Waals surface area contributed by atoms with Crippen LogP contribution in [0.15, 0.2) is 24.3 Å². The third kappa shape index (κ3) is 4.00. The molecule has 16 heavy (non-hydrogen) atoms. The van der Waals surface area contributed by atoms with Crippen molar-refractivity contribution in [1.82, 2.24) is 5.32 Å². The SMILES string of the molecule is Fc1cccc(CNCC2CSCCS2)c1. The maximum absolute atomic E-state index is 12.9. The third-order valence-corrected chi connectivity index (χ3v) is 5.32. The molecule has 0 spiro atoms. The summed E-state index contributed by atoms with van der Waals surface area (Å²) in [7, 11) is 0. The summed E-state index contributed by atoms with van der Waals surface area (Å²) in [5.74, 6) is 3.63. The van der Waals surface area contributed by atoms with Crippen LogP contribution >= 0.6 is 23.5 Å². The average Bonchev–Trinajstić information content (AvgIpc) is 2.30. The van der Waals surface area contributed by atoms with Crippen LogP contribution in [0.2, 0.25) is 0 Å². The van der Waals surface area contributed by atoms with Gasteiger partial charge in [-0.25, -0.2) is 4.39 Å². The fourth-order valence-electron chi connectivity index (χ4n) is 1.68. The molecule has 1 aromatic carbocycles. The van der Waals surface area contributed by atoms with Crippen molar-refractivity contribution in [3.05, 3.63) is 35.6 Å². The Morgan fingerprint density at radius 3 is 3.06 bits per heavy atom. The molecule has 4 heteroatoms. The fraction of sp³-hybridized carbons (Fsp3) is 0.500. The molecule has 1 saturated heterocycles. The summed E-state index contributed by atoms with van der Waals surface area (Å²) in [6.45, 7) is 1.79. The Bertz CT molecular complexity index is 327. The highest BCUT2D eigenvalue weighted by Crippen LogP contribution is 2.23. The Labute approximate surface area is 105 Å². The second-order valence-corrected chi connectivity index (χ2v) is 6.39. The van der Waals surface area contributed by atoms with Crippen LogP contribution in [0.25, 0.3) is 0 Å². The van der Waals surface area contributed by atoms with E-state index in [0.717, 1.165) is 18.7 Å². The number of thioether (sulfide) groups is 2. The molecule has 0 aliphatic carbocycles. The zero-order valence-corrected chi connectivity index (χ0v) is 10.7. The molecule has 1 heterocycles. The minimum atomic E-state index is -0.151. The summed E-state index contributed by atoms with van der Waals surface area (Å²) in [4.78, 5) is 0. The summed E-state index contributed by atoms with van der Waals surface area (Å²) in [6.07, 6.45) is 0. The van der Waals surface area contributed by atoms with E-state index >= 15 is 0 Å². The van der Waals surface area contributed by atoms with E-state index in [1.165, 1.54) is 23.3 Å². The molecule has 88 valence electrons. The molecule has 2 rings (SSSR count). The van der Waals surface area contributed by atoms with Crippen molar-refractivity contribution >= 4 is 23.5 Å². The summed E-state index contributed by atoms with van der Waals surface area (Å²) in [6, 6.07) is 6.79. The largest absolute Gasteiger partial charge is 0.312 e. The summed E-state index contributed by atoms with van der Waals surface area (Å²) in [5, 5.41) is 4.11. The zero-order valence-electron chi connectivity index (χ0n) is 9.12. The Kier molecular flexibility index (Phi) is 5.00. The zero-order chi connectivity index (χ0) is 11.2. The molecule has 0 aromatic heterocycles. The molecule has 1 nitrogen and oxygen atoms in total. The first-order chi connectivity index (χ1) is 7.84. The molecule has 0 saturated carbocycles. The topological polar surface area (TPSA) is 12.0 Å². The van der Waals surface area contributed by atoms with Gasteiger partial charge in [-0.1, -0.05) is 12.1 Å². The van der Waals surface area contributed by atoms with Gasteiger partial charge >= 0.3 is 0 Å². The van der Waals surface area contributed by atoms with Crippen molar-refractivity contribution in [2.45, 2.75) is 11.8 Å². The molecule has 1 unspecified atom stereocenters. The summed E-state index contributed by atoms with van der Waals surface area (Å²) >= 11 is 4.07. The number of rotatable bonds is 4. The number of halogens is 1. The monoisotopic (exact) mass is 257 g/mol. The van der Waals surface area contributed by atoms with Crippen LogP contribution in [0.1, 0.15) is 5.56 Å². The first-order valence-corrected chi connectivity index (χ1v) is 7.69. The molecular formula is C12H16FNS2. The Morgan fingerprint density at radius 1 is 1.38 bits per heavy atom. The maximum Gasteiger partial charge on any atom is 0.123 e. The first kappa shape index (κ1) is 12.3. The van der Waals surface area contributed by atoms with E-state index in [-0.39, 0.29) is 5.82 Å². The van der Waals surface area contributed by atoms with Crippen molar-refractivity contribution in [2.75, 3.05) is 23.8 Å². The van der Waals surface area contributed by atoms with Gasteiger partial charge in [0.25, 0.3) is 0 Å². The van der Waals surface area contributed by atoms with Crippen molar-refractivity contribution < 1.29 is 4.39 Å². The number of hydrogen-bond donors (Lipinski definition) is 1. The highest BCUT2D eigenvalue weighted by molar-refractivity contribution is 8.06. The van der Waals surface area contributed by atoms with Gasteiger partial charge < -0.3 is 5.32 Å². The van der Waals surface area contributed by atoms with Gasteiger partial charge in [-0.3, -0.25) is 0 Å². The van der Waals surface area contributed by atoms with Crippen LogP contribution < -0.4 is 5.32 Å². The van der Waals surface area contributed by atoms with E-state index in [2.05, 4.69) is 5.32 Å². The normalized spacial score (nSPS) is 20.9. The summed E-state index contributed by atoms with van der Waals surface area (Å²) in [5.41, 5.74) is 1.02. The Hall–Kier alpha value is -0.190. The van der Waals surface area contributed by atoms with Crippen LogP contribution in [0.5, 0.6) is 0 Å². The Morgan fingerprint density at radius 2 is 2.31 bits per heavy atom. The van der Waals surface area contributed by atoms with Crippen molar-refractivity contribution in [1.29, 1.82) is 0 Å². The van der Waals surface area contributed by atoms with Gasteiger partial charge in [0.2, 0.25) is 0 Å². The maximum atomic E-state index is 12.9. The van der Waals surface area contributed by atoms with E-state index in [9.17, 15) is 4.39 Å². The van der Waals surface area contributed by atoms with Gasteiger partial charge in [-0.15, -0.1) is 0 Å². The molecule has 0 amide bonds. The lowest BCUT2D eigenvalue weighted by Gasteiger charge is -2.21. The lowest BCUT2D eigenvalue weighted by molar-refractivity contribution is 0.620. The first-order valence-electron chi connectivity index (χ1n) is 5.49. The molecule has 0 radical (unpaired) electrons. The van der Waals surface area contributed by atoms with Gasteiger partial charge in [-0.05, 0) is 17.7 Å². The molecule has 1 aliphatic rings. The van der Waals surface area contributed by atoms with Gasteiger partial charge in [0.15, 0.2) is 0 Å². The predicted octanol–water partition coefficient (Wildman–Crippen LogP) is 2.76. The van der Waals surface area contributed by atoms with E-state index in [1.807, 2.05) is 29.6 Å². The van der Waals surface area contributed by atoms with Crippen molar-refractivity contribution in [3.63, 3.8) is 0 Å². The number of nitrogens with one attached hydrogen (secondary N) is 1. The predicted molar refractivity (Wildman–Crippen MR) is 71.7 cm³/mol. The van der Waals surface area contributed by atoms with Gasteiger partial charge in [-0.2, -0.15) is 23.5 Å². The van der Waals surface area contributed by atoms with Crippen LogP contribution in [0.3, 0.4) is 0 Å². The lowest BCUT2D eigenvalue weighted by Crippen LogP contribution is -2.28. The minimum absolute atomic E-state index is 0.151. The smallest absolute Gasteiger partial charge is 0.123 e. The molecular weight excluding hydrogens is 241 g/mol. The van der Waals surface area contributed by atoms with E-state index in [4.69, 9.17) is 0 Å². The number of hydrogen-bond acceptors (Lipinski definition) is 3. The second-order valence-electron chi connectivity index (χ2n) is 3.83. The average molecular weight is 257 g/mol. The fourth-order valence-corrected chi connectivity index (χ4v) is 4.33. The quantitative estimate of drug-likeness (QED) is 0.891. The number of benzene rings is 1. The van der Waals surface area contributed by atoms with Crippen LogP contribution in [-0.4, -0.2) is 29.1 Å². The second kappa shape index (κ2) is 6.52. The standard InChI is InChI=1S/C12H16FNS2/c13-11-3-1-2-10(6-11)7-14-8-12-9-15-4-5-16-12/h1-3,6,12,14H,4-5,7-9H2. The summed E-state index contributed by atoms with van der Waals surface area (Å²) < 4.78 is 12.9. The van der Waals surface area contributed by atoms with Crippen LogP contribution in [0, 0.1) is 5.82 Å². The third-order valence-electron chi connectivity index (χ3n) is 2.48. The van der Waals surface area contributed by atoms with E-state index in [0.29, 0.717) is 5.25 Å². The molecule has 1 atom stereocenters. The van der Waals surface area contributed by atoms with Crippen LogP contribution in [-0.2, 0) is 6.54 Å². The van der Waals surface area contributed by atoms with Gasteiger partial charge in [0.05, 0.1) is 0 Å². The van der Waals surface area contributed by atoms with E-state index in [1.54, 1.807) is 12.1 Å². The van der Waals surface area contributed by atoms with Crippen LogP contribution in [0.4, 0.5) is 4.39 Å². The molecule has 1 aliphatic heterocycles. The molecule has 1 aromatic rings. The molecule has 1 fully saturated rings. The Balaban J connectivity index is 1.71. The highest BCUT2D eigenvalue weighted by atomic mass is 32.2. The molecule has 1 N–H and O–H groups in total. The van der Waals surface area contributed by atoms with Crippen molar-refractivity contribution in [2.24, 2.45) is 0 Å². The van der Waals surface area contributed by atoms with Gasteiger partial charge in [0, 0.05) is 35.6 Å². The van der Waals surface area contributed by atoms with Gasteiger partial charge in [0.1, 0.15) is 5.82 Å². The highest BCUT2D eigenvalue weighted by Gasteiger charge is 2.13. The minimum Gasteiger partial charge on any atom is -0.312 e. The lowest BCUT2D eigenvalue weighted by atomic mass is 10.2. The molecule has 0 bridgehead atoms. The van der Waals surface area contributed by atoms with Crippen molar-refractivity contribution in [3.8, 4) is 0 Å².